The minimum Gasteiger partial charge on any atom is -0.393 e. The molecule has 0 aliphatic heterocycles. The van der Waals surface area contributed by atoms with Gasteiger partial charge >= 0.3 is 0 Å². The zero-order valence-corrected chi connectivity index (χ0v) is 11.2. The molecule has 0 amide bonds. The normalized spacial score (nSPS) is 14.8. The Morgan fingerprint density at radius 2 is 0.917 bits per heavy atom. The molecule has 0 fully saturated rings. The summed E-state index contributed by atoms with van der Waals surface area (Å²) in [6, 6.07) is 0. The molecule has 0 aliphatic rings. The Balaban J connectivity index is 4.00. The Morgan fingerprint density at radius 3 is 1.08 bits per heavy atom. The fraction of sp³-hybridized carbons (Fsp3) is 0.600. The monoisotopic (exact) mass is 196 g/mol. The lowest BCUT2D eigenvalue weighted by Crippen LogP contribution is -2.17. The van der Waals surface area contributed by atoms with Crippen LogP contribution in [-0.4, -0.2) is 16.1 Å². The second kappa shape index (κ2) is 4.24. The van der Waals surface area contributed by atoms with Gasteiger partial charge in [0.15, 0.2) is 0 Å². The number of hydrogen-bond acceptors (Lipinski definition) is 0. The maximum atomic E-state index is 3.41. The van der Waals surface area contributed by atoms with Gasteiger partial charge in [0.05, 0.1) is 0 Å². The molecule has 0 saturated heterocycles. The van der Waals surface area contributed by atoms with Crippen LogP contribution < -0.4 is 0 Å². The Kier molecular flexibility index (Phi) is 4.21. The van der Waals surface area contributed by atoms with Gasteiger partial charge < -0.3 is 23.6 Å². The molecule has 0 unspecified atom stereocenters. The lowest BCUT2D eigenvalue weighted by Gasteiger charge is -2.23. The Bertz CT molecular complexity index is 155. The maximum absolute atomic E-state index is 3.41. The standard InChI is InChI=1S/C10H20Si2/c1-11(2,3)9-7-8-10-12(4,5)6/h7-8H,1-6H3/q-2. The van der Waals surface area contributed by atoms with Crippen LogP contribution in [0.4, 0.5) is 0 Å². The van der Waals surface area contributed by atoms with Crippen molar-refractivity contribution in [3.63, 3.8) is 0 Å². The summed E-state index contributed by atoms with van der Waals surface area (Å²) in [5.74, 6) is 0. The Morgan fingerprint density at radius 1 is 0.667 bits per heavy atom. The van der Waals surface area contributed by atoms with Crippen LogP contribution in [0.1, 0.15) is 0 Å². The smallest absolute Gasteiger partial charge is 0.0440 e. The molecule has 0 spiro atoms. The van der Waals surface area contributed by atoms with Crippen LogP contribution in [0.25, 0.3) is 0 Å². The summed E-state index contributed by atoms with van der Waals surface area (Å²) < 4.78 is 0. The number of hydrogen-bond donors (Lipinski definition) is 0. The first kappa shape index (κ1) is 11.9. The predicted octanol–water partition coefficient (Wildman–Crippen LogP) is 3.46. The summed E-state index contributed by atoms with van der Waals surface area (Å²) in [5.41, 5.74) is 6.82. The minimum atomic E-state index is -1.11. The fourth-order valence-electron chi connectivity index (χ4n) is 0.583. The molecule has 0 rings (SSSR count). The van der Waals surface area contributed by atoms with Gasteiger partial charge in [-0.3, -0.25) is 0 Å². The second-order valence-electron chi connectivity index (χ2n) is 5.12. The first-order chi connectivity index (χ1) is 5.21. The molecular formula is C10H20Si2-2. The third-order valence-corrected chi connectivity index (χ3v) is 3.18. The highest BCUT2D eigenvalue weighted by Gasteiger charge is 1.95. The van der Waals surface area contributed by atoms with E-state index in [2.05, 4.69) is 50.7 Å². The van der Waals surface area contributed by atoms with Gasteiger partial charge in [0.2, 0.25) is 0 Å². The van der Waals surface area contributed by atoms with Gasteiger partial charge in [-0.05, 0) is 16.1 Å². The summed E-state index contributed by atoms with van der Waals surface area (Å²) in [6.45, 7) is 13.7. The molecule has 0 aromatic rings. The van der Waals surface area contributed by atoms with Crippen molar-refractivity contribution in [2.45, 2.75) is 39.3 Å². The van der Waals surface area contributed by atoms with Crippen molar-refractivity contribution in [2.75, 3.05) is 0 Å². The van der Waals surface area contributed by atoms with Crippen LogP contribution in [0.3, 0.4) is 0 Å². The van der Waals surface area contributed by atoms with E-state index in [1.165, 1.54) is 0 Å². The molecule has 12 heavy (non-hydrogen) atoms. The summed E-state index contributed by atoms with van der Waals surface area (Å²) in [6.07, 6.45) is 4.09. The van der Waals surface area contributed by atoms with Gasteiger partial charge in [-0.25, -0.2) is 0 Å². The van der Waals surface area contributed by atoms with Crippen LogP contribution >= 0.6 is 0 Å². The second-order valence-corrected chi connectivity index (χ2v) is 14.7. The van der Waals surface area contributed by atoms with E-state index in [0.29, 0.717) is 0 Å². The van der Waals surface area contributed by atoms with Crippen molar-refractivity contribution in [2.24, 2.45) is 0 Å². The highest BCUT2D eigenvalue weighted by atomic mass is 28.3. The zero-order chi connectivity index (χ0) is 9.83. The molecule has 70 valence electrons. The van der Waals surface area contributed by atoms with E-state index >= 15 is 0 Å². The quantitative estimate of drug-likeness (QED) is 0.368. The van der Waals surface area contributed by atoms with Crippen LogP contribution in [0.5, 0.6) is 0 Å². The van der Waals surface area contributed by atoms with E-state index in [1.54, 1.807) is 0 Å². The minimum absolute atomic E-state index is 1.11. The molecule has 0 radical (unpaired) electrons. The summed E-state index contributed by atoms with van der Waals surface area (Å²) >= 11 is 0. The molecule has 0 bridgehead atoms. The van der Waals surface area contributed by atoms with Gasteiger partial charge in [-0.2, -0.15) is 0 Å². The van der Waals surface area contributed by atoms with Gasteiger partial charge in [0.1, 0.15) is 0 Å². The third kappa shape index (κ3) is 9.91. The van der Waals surface area contributed by atoms with E-state index in [-0.39, 0.29) is 0 Å². The average molecular weight is 196 g/mol. The van der Waals surface area contributed by atoms with Crippen LogP contribution in [-0.2, 0) is 0 Å². The van der Waals surface area contributed by atoms with Gasteiger partial charge in [0.25, 0.3) is 0 Å². The fourth-order valence-corrected chi connectivity index (χ4v) is 1.75. The van der Waals surface area contributed by atoms with Gasteiger partial charge in [-0.15, -0.1) is 0 Å². The molecule has 0 nitrogen and oxygen atoms in total. The maximum Gasteiger partial charge on any atom is -0.0440 e. The Hall–Kier alpha value is -0.0862. The van der Waals surface area contributed by atoms with Gasteiger partial charge in [0, 0.05) is 0 Å². The number of rotatable bonds is 3. The van der Waals surface area contributed by atoms with Crippen molar-refractivity contribution in [1.29, 1.82) is 0 Å². The predicted molar refractivity (Wildman–Crippen MR) is 62.3 cm³/mol. The van der Waals surface area contributed by atoms with E-state index in [9.17, 15) is 0 Å². The van der Waals surface area contributed by atoms with Gasteiger partial charge in [-0.1, -0.05) is 39.3 Å². The van der Waals surface area contributed by atoms with Crippen LogP contribution in [0.15, 0.2) is 12.2 Å². The first-order valence-electron chi connectivity index (χ1n) is 4.41. The molecule has 0 aromatic carbocycles. The lowest BCUT2D eigenvalue weighted by molar-refractivity contribution is 1.69. The molecule has 0 heterocycles. The van der Waals surface area contributed by atoms with E-state index < -0.39 is 16.1 Å². The van der Waals surface area contributed by atoms with E-state index in [0.717, 1.165) is 0 Å². The first-order valence-corrected chi connectivity index (χ1v) is 11.4. The van der Waals surface area contributed by atoms with Crippen molar-refractivity contribution in [1.82, 2.24) is 0 Å². The van der Waals surface area contributed by atoms with Crippen molar-refractivity contribution in [3.8, 4) is 0 Å². The summed E-state index contributed by atoms with van der Waals surface area (Å²) in [7, 11) is -2.23. The molecule has 0 aromatic heterocycles. The zero-order valence-electron chi connectivity index (χ0n) is 9.15. The largest absolute Gasteiger partial charge is 0.393 e. The van der Waals surface area contributed by atoms with E-state index in [4.69, 9.17) is 0 Å². The number of allylic oxidation sites excluding steroid dienone is 2. The van der Waals surface area contributed by atoms with Crippen molar-refractivity contribution in [3.05, 3.63) is 23.6 Å². The lowest BCUT2D eigenvalue weighted by atomic mass is 10.6. The molecule has 0 aliphatic carbocycles. The SMILES string of the molecule is C[Si](C)(C)[C-]=CC=[C-][Si](C)(C)C. The average Bonchev–Trinajstić information content (AvgIpc) is 1.76. The van der Waals surface area contributed by atoms with Crippen molar-refractivity contribution < 1.29 is 0 Å². The van der Waals surface area contributed by atoms with Crippen LogP contribution in [0, 0.1) is 11.4 Å². The van der Waals surface area contributed by atoms with Crippen LogP contribution in [0.2, 0.25) is 39.3 Å². The summed E-state index contributed by atoms with van der Waals surface area (Å²) in [4.78, 5) is 0. The molecule has 0 atom stereocenters. The third-order valence-electron chi connectivity index (χ3n) is 1.12. The van der Waals surface area contributed by atoms with Crippen molar-refractivity contribution >= 4 is 16.1 Å². The molecule has 0 N–H and O–H groups in total. The molecular weight excluding hydrogens is 176 g/mol. The summed E-state index contributed by atoms with van der Waals surface area (Å²) in [5, 5.41) is 0. The Labute approximate surface area is 79.4 Å². The highest BCUT2D eigenvalue weighted by Crippen LogP contribution is 2.03. The highest BCUT2D eigenvalue weighted by molar-refractivity contribution is 6.79. The molecule has 0 saturated carbocycles. The topological polar surface area (TPSA) is 0 Å². The van der Waals surface area contributed by atoms with E-state index in [1.807, 2.05) is 12.2 Å². The molecule has 2 heteroatoms.